The van der Waals surface area contributed by atoms with Crippen molar-refractivity contribution in [3.8, 4) is 6.07 Å². The number of likely N-dealkylation sites (tertiary alicyclic amines) is 1. The van der Waals surface area contributed by atoms with Gasteiger partial charge >= 0.3 is 0 Å². The number of benzene rings is 1. The van der Waals surface area contributed by atoms with Gasteiger partial charge in [-0.2, -0.15) is 5.26 Å². The highest BCUT2D eigenvalue weighted by molar-refractivity contribution is 5.95. The van der Waals surface area contributed by atoms with Gasteiger partial charge in [0.2, 0.25) is 0 Å². The lowest BCUT2D eigenvalue weighted by Crippen LogP contribution is -2.32. The summed E-state index contributed by atoms with van der Waals surface area (Å²) in [5, 5.41) is 17.9. The molecule has 25 heavy (non-hydrogen) atoms. The van der Waals surface area contributed by atoms with E-state index in [4.69, 9.17) is 5.26 Å². The molecule has 0 saturated carbocycles. The molecule has 2 aromatic rings. The zero-order valence-corrected chi connectivity index (χ0v) is 14.2. The van der Waals surface area contributed by atoms with Crippen molar-refractivity contribution < 1.29 is 4.79 Å². The number of nitriles is 1. The Morgan fingerprint density at radius 2 is 2.08 bits per heavy atom. The van der Waals surface area contributed by atoms with Crippen LogP contribution in [0.5, 0.6) is 0 Å². The zero-order valence-electron chi connectivity index (χ0n) is 14.2. The van der Waals surface area contributed by atoms with Crippen LogP contribution in [0, 0.1) is 11.3 Å². The van der Waals surface area contributed by atoms with Gasteiger partial charge in [0.1, 0.15) is 5.82 Å². The summed E-state index contributed by atoms with van der Waals surface area (Å²) in [6.07, 6.45) is 6.38. The number of aryl methyl sites for hydroxylation is 1. The van der Waals surface area contributed by atoms with Gasteiger partial charge in [-0.1, -0.05) is 12.5 Å². The first-order valence-corrected chi connectivity index (χ1v) is 9.01. The molecule has 0 N–H and O–H groups in total. The highest BCUT2D eigenvalue weighted by Crippen LogP contribution is 2.33. The van der Waals surface area contributed by atoms with Crippen LogP contribution in [0.4, 0.5) is 0 Å². The number of carbonyl (C=O) groups excluding carboxylic acids is 1. The molecule has 4 rings (SSSR count). The summed E-state index contributed by atoms with van der Waals surface area (Å²) < 4.78 is 2.23. The fourth-order valence-corrected chi connectivity index (χ4v) is 3.92. The summed E-state index contributed by atoms with van der Waals surface area (Å²) >= 11 is 0. The average molecular weight is 335 g/mol. The molecule has 0 aliphatic carbocycles. The van der Waals surface area contributed by atoms with Crippen molar-refractivity contribution in [2.45, 2.75) is 51.1 Å². The second kappa shape index (κ2) is 6.67. The number of nitrogens with zero attached hydrogens (tertiary/aromatic N) is 5. The molecule has 6 nitrogen and oxygen atoms in total. The summed E-state index contributed by atoms with van der Waals surface area (Å²) in [6.45, 7) is 1.67. The number of aromatic nitrogens is 3. The summed E-state index contributed by atoms with van der Waals surface area (Å²) in [4.78, 5) is 14.9. The van der Waals surface area contributed by atoms with Gasteiger partial charge in [-0.3, -0.25) is 4.79 Å². The van der Waals surface area contributed by atoms with E-state index in [2.05, 4.69) is 20.8 Å². The highest BCUT2D eigenvalue weighted by Gasteiger charge is 2.34. The maximum Gasteiger partial charge on any atom is 0.254 e. The lowest BCUT2D eigenvalue weighted by atomic mass is 10.1. The minimum absolute atomic E-state index is 0.0161. The third-order valence-corrected chi connectivity index (χ3v) is 5.19. The molecule has 0 bridgehead atoms. The second-order valence-corrected chi connectivity index (χ2v) is 6.79. The minimum Gasteiger partial charge on any atom is -0.328 e. The Bertz CT molecular complexity index is 835. The molecule has 6 heteroatoms. The van der Waals surface area contributed by atoms with Crippen molar-refractivity contribution in [3.63, 3.8) is 0 Å². The Kier molecular flexibility index (Phi) is 4.22. The summed E-state index contributed by atoms with van der Waals surface area (Å²) in [5.41, 5.74) is 1.08. The van der Waals surface area contributed by atoms with Crippen LogP contribution in [0.15, 0.2) is 24.3 Å². The maximum absolute atomic E-state index is 13.0. The zero-order chi connectivity index (χ0) is 17.2. The van der Waals surface area contributed by atoms with Gasteiger partial charge in [-0.25, -0.2) is 0 Å². The molecule has 1 aromatic heterocycles. The fourth-order valence-electron chi connectivity index (χ4n) is 3.92. The lowest BCUT2D eigenvalue weighted by Gasteiger charge is -2.25. The fraction of sp³-hybridized carbons (Fsp3) is 0.474. The van der Waals surface area contributed by atoms with Crippen LogP contribution in [0.3, 0.4) is 0 Å². The monoisotopic (exact) mass is 335 g/mol. The van der Waals surface area contributed by atoms with E-state index in [-0.39, 0.29) is 11.9 Å². The Morgan fingerprint density at radius 1 is 1.16 bits per heavy atom. The molecule has 128 valence electrons. The first-order chi connectivity index (χ1) is 12.3. The largest absolute Gasteiger partial charge is 0.328 e. The third kappa shape index (κ3) is 2.91. The van der Waals surface area contributed by atoms with Gasteiger partial charge < -0.3 is 9.47 Å². The van der Waals surface area contributed by atoms with Crippen LogP contribution in [0.2, 0.25) is 0 Å². The van der Waals surface area contributed by atoms with Crippen molar-refractivity contribution in [1.29, 1.82) is 5.26 Å². The van der Waals surface area contributed by atoms with Crippen LogP contribution >= 0.6 is 0 Å². The quantitative estimate of drug-likeness (QED) is 0.846. The first-order valence-electron chi connectivity index (χ1n) is 9.01. The lowest BCUT2D eigenvalue weighted by molar-refractivity contribution is 0.0727. The number of amides is 1. The van der Waals surface area contributed by atoms with Gasteiger partial charge in [0, 0.05) is 25.1 Å². The van der Waals surface area contributed by atoms with Crippen LogP contribution in [0.25, 0.3) is 0 Å². The number of fused-ring (bicyclic) bond motifs is 1. The van der Waals surface area contributed by atoms with Gasteiger partial charge in [0.25, 0.3) is 5.91 Å². The molecule has 1 atom stereocenters. The van der Waals surface area contributed by atoms with Crippen LogP contribution < -0.4 is 0 Å². The molecule has 1 amide bonds. The molecule has 1 aromatic carbocycles. The molecular weight excluding hydrogens is 314 g/mol. The molecule has 0 spiro atoms. The van der Waals surface area contributed by atoms with E-state index in [1.165, 1.54) is 6.42 Å². The Morgan fingerprint density at radius 3 is 2.96 bits per heavy atom. The SMILES string of the molecule is N#Cc1cccc(C(=O)N2CCC[C@H]2c2nnc3n2CCCCC3)c1. The van der Waals surface area contributed by atoms with E-state index in [1.54, 1.807) is 24.3 Å². The predicted molar refractivity (Wildman–Crippen MR) is 91.7 cm³/mol. The van der Waals surface area contributed by atoms with E-state index >= 15 is 0 Å². The second-order valence-electron chi connectivity index (χ2n) is 6.79. The number of hydrogen-bond donors (Lipinski definition) is 0. The molecule has 2 aliphatic rings. The molecule has 0 radical (unpaired) electrons. The van der Waals surface area contributed by atoms with Gasteiger partial charge in [0.15, 0.2) is 5.82 Å². The summed E-state index contributed by atoms with van der Waals surface area (Å²) in [6, 6.07) is 9.02. The van der Waals surface area contributed by atoms with Gasteiger partial charge in [-0.15, -0.1) is 10.2 Å². The minimum atomic E-state index is -0.0226. The predicted octanol–water partition coefficient (Wildman–Crippen LogP) is 2.85. The number of rotatable bonds is 2. The normalized spacial score (nSPS) is 20.0. The summed E-state index contributed by atoms with van der Waals surface area (Å²) in [7, 11) is 0. The maximum atomic E-state index is 13.0. The molecule has 1 saturated heterocycles. The van der Waals surface area contributed by atoms with Crippen LogP contribution in [0.1, 0.15) is 65.7 Å². The Hall–Kier alpha value is -2.68. The van der Waals surface area contributed by atoms with Gasteiger partial charge in [0.05, 0.1) is 17.7 Å². The smallest absolute Gasteiger partial charge is 0.254 e. The highest BCUT2D eigenvalue weighted by atomic mass is 16.2. The topological polar surface area (TPSA) is 74.8 Å². The van der Waals surface area contributed by atoms with Gasteiger partial charge in [-0.05, 0) is 43.9 Å². The van der Waals surface area contributed by atoms with Crippen LogP contribution in [-0.2, 0) is 13.0 Å². The number of hydrogen-bond acceptors (Lipinski definition) is 4. The molecule has 3 heterocycles. The molecule has 1 fully saturated rings. The van der Waals surface area contributed by atoms with E-state index in [1.807, 2.05) is 4.90 Å². The molecular formula is C19H21N5O. The standard InChI is InChI=1S/C19H21N5O/c20-13-14-6-4-7-15(12-14)19(25)23-11-5-8-16(23)18-22-21-17-9-2-1-3-10-24(17)18/h4,6-7,12,16H,1-3,5,8-11H2/t16-/m0/s1. The van der Waals surface area contributed by atoms with Crippen molar-refractivity contribution >= 4 is 5.91 Å². The van der Waals surface area contributed by atoms with Crippen molar-refractivity contribution in [3.05, 3.63) is 47.0 Å². The molecule has 0 unspecified atom stereocenters. The van der Waals surface area contributed by atoms with E-state index in [0.717, 1.165) is 56.8 Å². The summed E-state index contributed by atoms with van der Waals surface area (Å²) in [5.74, 6) is 1.96. The van der Waals surface area contributed by atoms with E-state index in [9.17, 15) is 4.79 Å². The molecule has 2 aliphatic heterocycles. The average Bonchev–Trinajstić information content (AvgIpc) is 3.22. The van der Waals surface area contributed by atoms with E-state index in [0.29, 0.717) is 11.1 Å². The Balaban J connectivity index is 1.64. The van der Waals surface area contributed by atoms with Crippen LogP contribution in [-0.4, -0.2) is 32.1 Å². The third-order valence-electron chi connectivity index (χ3n) is 5.19. The van der Waals surface area contributed by atoms with E-state index < -0.39 is 0 Å². The number of carbonyl (C=O) groups is 1. The van der Waals surface area contributed by atoms with Crippen molar-refractivity contribution in [1.82, 2.24) is 19.7 Å². The Labute approximate surface area is 147 Å². The first kappa shape index (κ1) is 15.8. The van der Waals surface area contributed by atoms with Crippen molar-refractivity contribution in [2.75, 3.05) is 6.54 Å². The van der Waals surface area contributed by atoms with Crippen molar-refractivity contribution in [2.24, 2.45) is 0 Å².